The molecule has 0 aromatic carbocycles. The average Bonchev–Trinajstić information content (AvgIpc) is 3.14. The number of Topliss-reactive ketones (excluding diaryl/α,β-unsaturated/α-hetero) is 2. The number of rotatable bonds is 6. The van der Waals surface area contributed by atoms with Crippen molar-refractivity contribution in [1.29, 1.82) is 5.26 Å². The van der Waals surface area contributed by atoms with Crippen LogP contribution in [0.4, 0.5) is 0 Å². The molecule has 3 heterocycles. The third-order valence-corrected chi connectivity index (χ3v) is 9.08. The van der Waals surface area contributed by atoms with Gasteiger partial charge in [0.2, 0.25) is 0 Å². The van der Waals surface area contributed by atoms with Crippen molar-refractivity contribution in [1.82, 2.24) is 10.2 Å². The Morgan fingerprint density at radius 3 is 2.28 bits per heavy atom. The molecule has 0 spiro atoms. The van der Waals surface area contributed by atoms with Gasteiger partial charge in [-0.25, -0.2) is 0 Å². The topological polar surface area (TPSA) is 131 Å². The molecule has 0 saturated carbocycles. The fourth-order valence-electron chi connectivity index (χ4n) is 5.90. The lowest BCUT2D eigenvalue weighted by Crippen LogP contribution is -2.71. The first-order valence-electron chi connectivity index (χ1n) is 10.9. The Balaban J connectivity index is 1.89. The fourth-order valence-corrected chi connectivity index (χ4v) is 7.76. The van der Waals surface area contributed by atoms with E-state index in [9.17, 15) is 29.9 Å². The molecular formula is C22H27N3O5S2. The largest absolute Gasteiger partial charge is 0.481 e. The molecule has 1 aliphatic carbocycles. The molecule has 2 saturated heterocycles. The highest BCUT2D eigenvalue weighted by atomic mass is 32.2. The number of carboxylic acids is 1. The number of fused-ring (bicyclic) bond motifs is 4. The van der Waals surface area contributed by atoms with Crippen LogP contribution in [0.3, 0.4) is 0 Å². The molecular weight excluding hydrogens is 450 g/mol. The maximum Gasteiger partial charge on any atom is 0.308 e. The maximum atomic E-state index is 13.7. The molecule has 3 aliphatic heterocycles. The van der Waals surface area contributed by atoms with E-state index in [4.69, 9.17) is 0 Å². The number of aliphatic hydroxyl groups is 1. The van der Waals surface area contributed by atoms with Crippen LogP contribution < -0.4 is 5.32 Å². The van der Waals surface area contributed by atoms with Crippen molar-refractivity contribution in [2.24, 2.45) is 11.8 Å². The van der Waals surface area contributed by atoms with Crippen LogP contribution in [-0.2, 0) is 14.4 Å². The normalized spacial score (nSPS) is 36.8. The van der Waals surface area contributed by atoms with Gasteiger partial charge in [-0.15, -0.1) is 23.5 Å². The van der Waals surface area contributed by atoms with E-state index in [1.165, 1.54) is 23.5 Å². The number of hydrogen-bond donors (Lipinski definition) is 3. The third kappa shape index (κ3) is 3.29. The van der Waals surface area contributed by atoms with Crippen molar-refractivity contribution in [3.8, 4) is 6.07 Å². The van der Waals surface area contributed by atoms with E-state index in [1.54, 1.807) is 0 Å². The van der Waals surface area contributed by atoms with E-state index in [2.05, 4.69) is 11.4 Å². The highest BCUT2D eigenvalue weighted by Crippen LogP contribution is 2.49. The van der Waals surface area contributed by atoms with E-state index in [-0.39, 0.29) is 23.2 Å². The summed E-state index contributed by atoms with van der Waals surface area (Å²) in [5.74, 6) is -1.27. The number of thioether (sulfide) groups is 2. The van der Waals surface area contributed by atoms with Gasteiger partial charge >= 0.3 is 5.97 Å². The molecule has 0 aromatic rings. The lowest BCUT2D eigenvalue weighted by Gasteiger charge is -2.54. The summed E-state index contributed by atoms with van der Waals surface area (Å²) in [5, 5.41) is 33.5. The minimum Gasteiger partial charge on any atom is -0.481 e. The second-order valence-corrected chi connectivity index (χ2v) is 11.0. The smallest absolute Gasteiger partial charge is 0.308 e. The molecule has 4 aliphatic rings. The summed E-state index contributed by atoms with van der Waals surface area (Å²) in [5.41, 5.74) is 0.658. The number of carboxylic acid groups (broad SMARTS) is 1. The third-order valence-electron chi connectivity index (χ3n) is 7.02. The van der Waals surface area contributed by atoms with Crippen molar-refractivity contribution in [2.45, 2.75) is 57.4 Å². The zero-order valence-corrected chi connectivity index (χ0v) is 19.8. The number of ketones is 2. The van der Waals surface area contributed by atoms with E-state index < -0.39 is 48.6 Å². The number of nitriles is 1. The lowest BCUT2D eigenvalue weighted by atomic mass is 9.71. The van der Waals surface area contributed by atoms with Gasteiger partial charge < -0.3 is 15.5 Å². The van der Waals surface area contributed by atoms with Gasteiger partial charge in [0.15, 0.2) is 11.6 Å². The number of carbonyl (C=O) groups is 3. The summed E-state index contributed by atoms with van der Waals surface area (Å²) in [6.45, 7) is 5.26. The second-order valence-electron chi connectivity index (χ2n) is 8.49. The predicted octanol–water partition coefficient (Wildman–Crippen LogP) is 1.17. The minimum atomic E-state index is -0.939. The van der Waals surface area contributed by atoms with Crippen molar-refractivity contribution >= 4 is 41.1 Å². The molecule has 7 atom stereocenters. The average molecular weight is 478 g/mol. The number of allylic oxidation sites excluding steroid dienone is 2. The SMILES string of the molecule is CCSC1=C(SCC)C(=O)C2=C(C1=O)C(C)[C@H]1[C@@H]3N[C@@H](C[C@H]3C(=O)O)C(C#N)N1[C@H]2CO. The maximum absolute atomic E-state index is 13.7. The van der Waals surface area contributed by atoms with Crippen LogP contribution in [0.5, 0.6) is 0 Å². The van der Waals surface area contributed by atoms with Crippen LogP contribution in [0.15, 0.2) is 21.0 Å². The van der Waals surface area contributed by atoms with Crippen LogP contribution in [-0.4, -0.2) is 81.0 Å². The Kier molecular flexibility index (Phi) is 6.58. The fraction of sp³-hybridized carbons (Fsp3) is 0.636. The highest BCUT2D eigenvalue weighted by molar-refractivity contribution is 8.08. The monoisotopic (exact) mass is 477 g/mol. The van der Waals surface area contributed by atoms with Gasteiger partial charge in [0.05, 0.1) is 34.4 Å². The Morgan fingerprint density at radius 1 is 1.19 bits per heavy atom. The van der Waals surface area contributed by atoms with Gasteiger partial charge in [-0.3, -0.25) is 19.3 Å². The molecule has 4 rings (SSSR count). The predicted molar refractivity (Wildman–Crippen MR) is 122 cm³/mol. The van der Waals surface area contributed by atoms with E-state index in [1.807, 2.05) is 25.7 Å². The molecule has 8 nitrogen and oxygen atoms in total. The van der Waals surface area contributed by atoms with Crippen molar-refractivity contribution in [2.75, 3.05) is 18.1 Å². The van der Waals surface area contributed by atoms with Gasteiger partial charge in [-0.2, -0.15) is 5.26 Å². The molecule has 2 bridgehead atoms. The number of hydrogen-bond acceptors (Lipinski definition) is 9. The number of nitrogens with one attached hydrogen (secondary N) is 1. The summed E-state index contributed by atoms with van der Waals surface area (Å²) < 4.78 is 0. The number of aliphatic carboxylic acids is 1. The van der Waals surface area contributed by atoms with Crippen molar-refractivity contribution in [3.05, 3.63) is 21.0 Å². The molecule has 172 valence electrons. The van der Waals surface area contributed by atoms with Gasteiger partial charge in [0.1, 0.15) is 6.04 Å². The second kappa shape index (κ2) is 8.95. The molecule has 10 heteroatoms. The number of aliphatic hydroxyl groups excluding tert-OH is 1. The van der Waals surface area contributed by atoms with Crippen LogP contribution in [0.1, 0.15) is 27.2 Å². The minimum absolute atomic E-state index is 0.200. The Morgan fingerprint density at radius 2 is 1.78 bits per heavy atom. The van der Waals surface area contributed by atoms with Gasteiger partial charge in [0, 0.05) is 35.2 Å². The Bertz CT molecular complexity index is 971. The van der Waals surface area contributed by atoms with Crippen molar-refractivity contribution < 1.29 is 24.6 Å². The summed E-state index contributed by atoms with van der Waals surface area (Å²) in [6, 6.07) is -0.557. The van der Waals surface area contributed by atoms with Gasteiger partial charge in [0.25, 0.3) is 0 Å². The molecule has 0 amide bonds. The van der Waals surface area contributed by atoms with Crippen LogP contribution in [0, 0.1) is 23.2 Å². The lowest BCUT2D eigenvalue weighted by molar-refractivity contribution is -0.143. The van der Waals surface area contributed by atoms with Crippen molar-refractivity contribution in [3.63, 3.8) is 0 Å². The first kappa shape index (κ1) is 23.5. The number of carbonyl (C=O) groups excluding carboxylic acids is 2. The summed E-state index contributed by atoms with van der Waals surface area (Å²) >= 11 is 2.68. The van der Waals surface area contributed by atoms with Crippen LogP contribution in [0.25, 0.3) is 0 Å². The van der Waals surface area contributed by atoms with Crippen LogP contribution in [0.2, 0.25) is 0 Å². The van der Waals surface area contributed by atoms with E-state index in [0.29, 0.717) is 33.3 Å². The molecule has 0 aromatic heterocycles. The molecule has 2 fully saturated rings. The standard InChI is InChI=1S/C22H27N3O5S2/c1-4-31-20-18(27)14-9(3)17-16-10(22(29)30)6-11(24-16)12(7-23)25(17)13(8-26)15(14)19(28)21(20)32-5-2/h9-13,16-17,24,26H,4-6,8H2,1-3H3,(H,29,30)/t9?,10-,11+,12?,13+,16-,17+/m1/s1. The summed E-state index contributed by atoms with van der Waals surface area (Å²) in [7, 11) is 0. The van der Waals surface area contributed by atoms with Gasteiger partial charge in [-0.1, -0.05) is 20.8 Å². The van der Waals surface area contributed by atoms with Crippen LogP contribution >= 0.6 is 23.5 Å². The quantitative estimate of drug-likeness (QED) is 0.479. The molecule has 3 N–H and O–H groups in total. The van der Waals surface area contributed by atoms with E-state index in [0.717, 1.165) is 0 Å². The summed E-state index contributed by atoms with van der Waals surface area (Å²) in [4.78, 5) is 42.1. The Hall–Kier alpha value is -1.64. The zero-order chi connectivity index (χ0) is 23.3. The van der Waals surface area contributed by atoms with E-state index >= 15 is 0 Å². The first-order chi connectivity index (χ1) is 15.3. The molecule has 2 unspecified atom stereocenters. The summed E-state index contributed by atoms with van der Waals surface area (Å²) in [6.07, 6.45) is 0.300. The zero-order valence-electron chi connectivity index (χ0n) is 18.2. The number of nitrogens with zero attached hydrogens (tertiary/aromatic N) is 2. The van der Waals surface area contributed by atoms with Gasteiger partial charge in [-0.05, 0) is 17.9 Å². The number of piperazine rings is 1. The highest BCUT2D eigenvalue weighted by Gasteiger charge is 2.61. The Labute approximate surface area is 195 Å². The molecule has 32 heavy (non-hydrogen) atoms. The first-order valence-corrected chi connectivity index (χ1v) is 12.9. The molecule has 0 radical (unpaired) electrons.